The van der Waals surface area contributed by atoms with Gasteiger partial charge in [-0.1, -0.05) is 5.21 Å². The molecule has 6 heteroatoms. The maximum atomic E-state index is 12.4. The fourth-order valence-corrected chi connectivity index (χ4v) is 2.84. The molecule has 2 aromatic rings. The van der Waals surface area contributed by atoms with Gasteiger partial charge in [-0.3, -0.25) is 4.79 Å². The van der Waals surface area contributed by atoms with Gasteiger partial charge in [0.15, 0.2) is 0 Å². The summed E-state index contributed by atoms with van der Waals surface area (Å²) in [5, 5.41) is 8.42. The molecule has 0 aromatic carbocycles. The van der Waals surface area contributed by atoms with Gasteiger partial charge in [0.05, 0.1) is 17.3 Å². The van der Waals surface area contributed by atoms with Crippen LogP contribution < -0.4 is 0 Å². The van der Waals surface area contributed by atoms with Gasteiger partial charge in [-0.05, 0) is 32.8 Å². The Morgan fingerprint density at radius 1 is 1.33 bits per heavy atom. The van der Waals surface area contributed by atoms with Crippen LogP contribution in [0.3, 0.4) is 0 Å². The number of aryl methyl sites for hydroxylation is 2. The molecular formula is C15H18N4O2. The number of likely N-dealkylation sites (tertiary alicyclic amines) is 1. The molecule has 1 saturated heterocycles. The molecule has 2 aromatic heterocycles. The summed E-state index contributed by atoms with van der Waals surface area (Å²) in [4.78, 5) is 14.2. The number of carbonyl (C=O) groups excluding carboxylic acids is 1. The van der Waals surface area contributed by atoms with Gasteiger partial charge in [-0.25, -0.2) is 4.68 Å². The Morgan fingerprint density at radius 3 is 2.71 bits per heavy atom. The van der Waals surface area contributed by atoms with Crippen LogP contribution in [0, 0.1) is 13.8 Å². The first-order valence-electron chi connectivity index (χ1n) is 7.40. The van der Waals surface area contributed by atoms with Crippen LogP contribution in [0.15, 0.2) is 16.7 Å². The molecular weight excluding hydrogens is 268 g/mol. The quantitative estimate of drug-likeness (QED) is 0.866. The third-order valence-corrected chi connectivity index (χ3v) is 4.32. The van der Waals surface area contributed by atoms with E-state index in [0.29, 0.717) is 30.3 Å². The first kappa shape index (κ1) is 12.6. The van der Waals surface area contributed by atoms with E-state index >= 15 is 0 Å². The number of furan rings is 1. The van der Waals surface area contributed by atoms with Gasteiger partial charge >= 0.3 is 0 Å². The van der Waals surface area contributed by atoms with E-state index in [9.17, 15) is 4.79 Å². The van der Waals surface area contributed by atoms with E-state index < -0.39 is 0 Å². The Bertz CT molecular complexity index is 692. The van der Waals surface area contributed by atoms with Crippen molar-refractivity contribution >= 4 is 5.91 Å². The van der Waals surface area contributed by atoms with Crippen LogP contribution in [0.5, 0.6) is 0 Å². The van der Waals surface area contributed by atoms with E-state index in [1.54, 1.807) is 0 Å². The number of hydrogen-bond acceptors (Lipinski definition) is 4. The van der Waals surface area contributed by atoms with Crippen molar-refractivity contribution in [3.8, 4) is 0 Å². The molecule has 0 radical (unpaired) electrons. The van der Waals surface area contributed by atoms with E-state index in [0.717, 1.165) is 11.5 Å². The second kappa shape index (κ2) is 4.44. The SMILES string of the molecule is Cc1cc(C(=O)N2CC(n3cc(C4CC4)nn3)C2)c(C)o1. The summed E-state index contributed by atoms with van der Waals surface area (Å²) in [6.07, 6.45) is 4.50. The highest BCUT2D eigenvalue weighted by Gasteiger charge is 2.35. The Morgan fingerprint density at radius 2 is 2.10 bits per heavy atom. The van der Waals surface area contributed by atoms with Gasteiger partial charge in [-0.2, -0.15) is 0 Å². The van der Waals surface area contributed by atoms with Gasteiger partial charge in [0.2, 0.25) is 0 Å². The maximum Gasteiger partial charge on any atom is 0.257 e. The first-order chi connectivity index (χ1) is 10.1. The zero-order valence-corrected chi connectivity index (χ0v) is 12.2. The van der Waals surface area contributed by atoms with Gasteiger partial charge in [0.1, 0.15) is 11.5 Å². The van der Waals surface area contributed by atoms with E-state index in [1.165, 1.54) is 12.8 Å². The minimum atomic E-state index is 0.0446. The lowest BCUT2D eigenvalue weighted by atomic mass is 10.1. The Labute approximate surface area is 122 Å². The van der Waals surface area contributed by atoms with Crippen molar-refractivity contribution in [2.24, 2.45) is 0 Å². The molecule has 6 nitrogen and oxygen atoms in total. The average molecular weight is 286 g/mol. The molecule has 21 heavy (non-hydrogen) atoms. The number of hydrogen-bond donors (Lipinski definition) is 0. The fourth-order valence-electron chi connectivity index (χ4n) is 2.84. The standard InChI is InChI=1S/C15H18N4O2/c1-9-5-13(10(2)21-9)15(20)18-6-12(7-18)19-8-14(16-17-19)11-3-4-11/h5,8,11-12H,3-4,6-7H2,1-2H3. The van der Waals surface area contributed by atoms with Crippen molar-refractivity contribution in [1.82, 2.24) is 19.9 Å². The van der Waals surface area contributed by atoms with Crippen LogP contribution in [0.4, 0.5) is 0 Å². The third-order valence-electron chi connectivity index (χ3n) is 4.32. The largest absolute Gasteiger partial charge is 0.466 e. The molecule has 0 N–H and O–H groups in total. The molecule has 2 fully saturated rings. The van der Waals surface area contributed by atoms with Crippen molar-refractivity contribution < 1.29 is 9.21 Å². The summed E-state index contributed by atoms with van der Waals surface area (Å²) in [5.74, 6) is 2.13. The number of carbonyl (C=O) groups is 1. The van der Waals surface area contributed by atoms with Crippen molar-refractivity contribution in [2.75, 3.05) is 13.1 Å². The molecule has 1 saturated carbocycles. The lowest BCUT2D eigenvalue weighted by Crippen LogP contribution is -2.51. The van der Waals surface area contributed by atoms with E-state index in [1.807, 2.05) is 35.7 Å². The van der Waals surface area contributed by atoms with Gasteiger partial charge in [0, 0.05) is 25.2 Å². The smallest absolute Gasteiger partial charge is 0.257 e. The van der Waals surface area contributed by atoms with Crippen molar-refractivity contribution in [3.63, 3.8) is 0 Å². The van der Waals surface area contributed by atoms with Crippen LogP contribution >= 0.6 is 0 Å². The molecule has 4 rings (SSSR count). The normalized spacial score (nSPS) is 18.9. The summed E-state index contributed by atoms with van der Waals surface area (Å²) >= 11 is 0. The molecule has 0 unspecified atom stereocenters. The van der Waals surface area contributed by atoms with Crippen LogP contribution in [-0.2, 0) is 0 Å². The van der Waals surface area contributed by atoms with Crippen molar-refractivity contribution in [2.45, 2.75) is 38.6 Å². The zero-order chi connectivity index (χ0) is 14.6. The monoisotopic (exact) mass is 286 g/mol. The van der Waals surface area contributed by atoms with Gasteiger partial charge < -0.3 is 9.32 Å². The molecule has 1 amide bonds. The van der Waals surface area contributed by atoms with Crippen molar-refractivity contribution in [3.05, 3.63) is 35.0 Å². The molecule has 110 valence electrons. The molecule has 0 atom stereocenters. The highest BCUT2D eigenvalue weighted by molar-refractivity contribution is 5.95. The summed E-state index contributed by atoms with van der Waals surface area (Å²) in [5.41, 5.74) is 1.77. The average Bonchev–Trinajstić information content (AvgIpc) is 3.04. The van der Waals surface area contributed by atoms with Gasteiger partial charge in [-0.15, -0.1) is 5.10 Å². The third kappa shape index (κ3) is 2.14. The number of aromatic nitrogens is 3. The fraction of sp³-hybridized carbons (Fsp3) is 0.533. The number of amides is 1. The van der Waals surface area contributed by atoms with Crippen LogP contribution in [-0.4, -0.2) is 38.9 Å². The molecule has 2 aliphatic rings. The second-order valence-electron chi connectivity index (χ2n) is 6.09. The first-order valence-corrected chi connectivity index (χ1v) is 7.40. The van der Waals surface area contributed by atoms with E-state index in [4.69, 9.17) is 4.42 Å². The highest BCUT2D eigenvalue weighted by atomic mass is 16.3. The lowest BCUT2D eigenvalue weighted by molar-refractivity contribution is 0.0496. The molecule has 0 bridgehead atoms. The molecule has 1 aliphatic heterocycles. The Balaban J connectivity index is 1.42. The summed E-state index contributed by atoms with van der Waals surface area (Å²) < 4.78 is 7.34. The zero-order valence-electron chi connectivity index (χ0n) is 12.2. The van der Waals surface area contributed by atoms with Crippen LogP contribution in [0.1, 0.15) is 52.4 Å². The van der Waals surface area contributed by atoms with E-state index in [-0.39, 0.29) is 11.9 Å². The maximum absolute atomic E-state index is 12.4. The predicted octanol–water partition coefficient (Wildman–Crippen LogP) is 2.06. The van der Waals surface area contributed by atoms with Crippen LogP contribution in [0.2, 0.25) is 0 Å². The van der Waals surface area contributed by atoms with Crippen LogP contribution in [0.25, 0.3) is 0 Å². The molecule has 0 spiro atoms. The van der Waals surface area contributed by atoms with Crippen molar-refractivity contribution in [1.29, 1.82) is 0 Å². The second-order valence-corrected chi connectivity index (χ2v) is 6.09. The Hall–Kier alpha value is -2.11. The minimum Gasteiger partial charge on any atom is -0.466 e. The lowest BCUT2D eigenvalue weighted by Gasteiger charge is -2.38. The topological polar surface area (TPSA) is 64.2 Å². The van der Waals surface area contributed by atoms with Gasteiger partial charge in [0.25, 0.3) is 5.91 Å². The molecule has 3 heterocycles. The number of nitrogens with zero attached hydrogens (tertiary/aromatic N) is 4. The summed E-state index contributed by atoms with van der Waals surface area (Å²) in [6, 6.07) is 2.06. The highest BCUT2D eigenvalue weighted by Crippen LogP contribution is 2.39. The summed E-state index contributed by atoms with van der Waals surface area (Å²) in [7, 11) is 0. The molecule has 1 aliphatic carbocycles. The minimum absolute atomic E-state index is 0.0446. The Kier molecular flexibility index (Phi) is 2.67. The van der Waals surface area contributed by atoms with E-state index in [2.05, 4.69) is 10.3 Å². The summed E-state index contributed by atoms with van der Waals surface area (Å²) in [6.45, 7) is 5.07. The predicted molar refractivity (Wildman–Crippen MR) is 75.1 cm³/mol. The number of rotatable bonds is 3.